The van der Waals surface area contributed by atoms with Gasteiger partial charge in [-0.15, -0.1) is 11.3 Å². The van der Waals surface area contributed by atoms with Gasteiger partial charge in [0.25, 0.3) is 0 Å². The van der Waals surface area contributed by atoms with Crippen molar-refractivity contribution in [1.82, 2.24) is 9.88 Å². The third-order valence-corrected chi connectivity index (χ3v) is 6.85. The number of hydrogen-bond donors (Lipinski definition) is 2. The minimum Gasteiger partial charge on any atom is -0.388 e. The van der Waals surface area contributed by atoms with Crippen LogP contribution in [-0.2, 0) is 0 Å². The van der Waals surface area contributed by atoms with Crippen LogP contribution in [0.25, 0.3) is 21.0 Å². The summed E-state index contributed by atoms with van der Waals surface area (Å²) in [5.41, 5.74) is 3.57. The molecule has 28 heavy (non-hydrogen) atoms. The van der Waals surface area contributed by atoms with Gasteiger partial charge in [-0.05, 0) is 52.4 Å². The molecule has 4 aromatic rings. The zero-order valence-corrected chi connectivity index (χ0v) is 16.7. The quantitative estimate of drug-likeness (QED) is 0.521. The maximum atomic E-state index is 10.7. The van der Waals surface area contributed by atoms with Gasteiger partial charge in [0.15, 0.2) is 0 Å². The summed E-state index contributed by atoms with van der Waals surface area (Å²) < 4.78 is 1.25. The fraction of sp³-hybridized carbons (Fsp3) is 0.304. The van der Waals surface area contributed by atoms with Crippen molar-refractivity contribution in [2.45, 2.75) is 12.5 Å². The molecule has 1 unspecified atom stereocenters. The number of thiophene rings is 1. The van der Waals surface area contributed by atoms with Gasteiger partial charge in [0.2, 0.25) is 0 Å². The van der Waals surface area contributed by atoms with Crippen LogP contribution in [0.1, 0.15) is 18.1 Å². The number of piperazine rings is 1. The Morgan fingerprint density at radius 1 is 1.04 bits per heavy atom. The SMILES string of the molecule is OC(CCN1CCN(c2ccc3cc[nH]c3c2)CC1)c1csc2ccccc12. The van der Waals surface area contributed by atoms with E-state index in [1.54, 1.807) is 11.3 Å². The lowest BCUT2D eigenvalue weighted by Gasteiger charge is -2.36. The molecule has 2 N–H and O–H groups in total. The van der Waals surface area contributed by atoms with E-state index in [1.807, 2.05) is 6.20 Å². The van der Waals surface area contributed by atoms with Crippen LogP contribution in [0.2, 0.25) is 0 Å². The summed E-state index contributed by atoms with van der Waals surface area (Å²) in [6.07, 6.45) is 2.40. The molecule has 144 valence electrons. The predicted molar refractivity (Wildman–Crippen MR) is 118 cm³/mol. The molecule has 1 aliphatic heterocycles. The Labute approximate surface area is 169 Å². The second kappa shape index (κ2) is 7.59. The molecule has 1 aliphatic rings. The van der Waals surface area contributed by atoms with Crippen LogP contribution >= 0.6 is 11.3 Å². The number of nitrogens with one attached hydrogen (secondary N) is 1. The standard InChI is InChI=1S/C23H25N3OS/c27-22(20-16-28-23-4-2-1-3-19(20)23)8-10-25-11-13-26(14-12-25)18-6-5-17-7-9-24-21(17)15-18/h1-7,9,15-16,22,24,27H,8,10-14H2. The highest BCUT2D eigenvalue weighted by atomic mass is 32.1. The summed E-state index contributed by atoms with van der Waals surface area (Å²) in [5.74, 6) is 0. The summed E-state index contributed by atoms with van der Waals surface area (Å²) >= 11 is 1.72. The largest absolute Gasteiger partial charge is 0.388 e. The number of H-pyrrole nitrogens is 1. The van der Waals surface area contributed by atoms with E-state index in [1.165, 1.54) is 26.7 Å². The first-order valence-electron chi connectivity index (χ1n) is 9.96. The fourth-order valence-electron chi connectivity index (χ4n) is 4.18. The molecule has 4 nitrogen and oxygen atoms in total. The van der Waals surface area contributed by atoms with Gasteiger partial charge >= 0.3 is 0 Å². The molecule has 1 fully saturated rings. The van der Waals surface area contributed by atoms with Crippen LogP contribution in [0.5, 0.6) is 0 Å². The highest BCUT2D eigenvalue weighted by molar-refractivity contribution is 7.17. The molecule has 1 saturated heterocycles. The number of rotatable bonds is 5. The van der Waals surface area contributed by atoms with E-state index in [9.17, 15) is 5.11 Å². The lowest BCUT2D eigenvalue weighted by Crippen LogP contribution is -2.46. The van der Waals surface area contributed by atoms with Crippen LogP contribution in [0.4, 0.5) is 5.69 Å². The molecule has 2 aromatic carbocycles. The van der Waals surface area contributed by atoms with Crippen molar-refractivity contribution in [3.8, 4) is 0 Å². The molecule has 0 radical (unpaired) electrons. The van der Waals surface area contributed by atoms with Gasteiger partial charge in [-0.2, -0.15) is 0 Å². The lowest BCUT2D eigenvalue weighted by molar-refractivity contribution is 0.141. The molecular formula is C23H25N3OS. The maximum Gasteiger partial charge on any atom is 0.0816 e. The lowest BCUT2D eigenvalue weighted by atomic mass is 10.1. The molecule has 3 heterocycles. The minimum atomic E-state index is -0.385. The van der Waals surface area contributed by atoms with E-state index in [4.69, 9.17) is 0 Å². The van der Waals surface area contributed by atoms with Crippen LogP contribution in [0, 0.1) is 0 Å². The third kappa shape index (κ3) is 3.41. The number of aliphatic hydroxyl groups is 1. The Morgan fingerprint density at radius 2 is 1.89 bits per heavy atom. The van der Waals surface area contributed by atoms with Gasteiger partial charge in [-0.1, -0.05) is 24.3 Å². The normalized spacial score (nSPS) is 16.8. The highest BCUT2D eigenvalue weighted by Gasteiger charge is 2.19. The second-order valence-corrected chi connectivity index (χ2v) is 8.48. The molecule has 2 aromatic heterocycles. The summed E-state index contributed by atoms with van der Waals surface area (Å²) in [6.45, 7) is 5.09. The number of aliphatic hydroxyl groups excluding tert-OH is 1. The maximum absolute atomic E-state index is 10.7. The number of anilines is 1. The van der Waals surface area contributed by atoms with E-state index < -0.39 is 0 Å². The van der Waals surface area contributed by atoms with Gasteiger partial charge in [-0.25, -0.2) is 0 Å². The summed E-state index contributed by atoms with van der Waals surface area (Å²) in [7, 11) is 0. The topological polar surface area (TPSA) is 42.5 Å². The summed E-state index contributed by atoms with van der Waals surface area (Å²) in [5, 5.41) is 15.3. The van der Waals surface area contributed by atoms with Crippen molar-refractivity contribution < 1.29 is 5.11 Å². The Hall–Kier alpha value is -2.34. The Morgan fingerprint density at radius 3 is 2.79 bits per heavy atom. The van der Waals surface area contributed by atoms with Crippen molar-refractivity contribution in [3.63, 3.8) is 0 Å². The average Bonchev–Trinajstić information content (AvgIpc) is 3.38. The average molecular weight is 392 g/mol. The van der Waals surface area contributed by atoms with Crippen molar-refractivity contribution >= 4 is 38.0 Å². The number of aromatic nitrogens is 1. The van der Waals surface area contributed by atoms with Crippen LogP contribution < -0.4 is 4.90 Å². The first-order valence-corrected chi connectivity index (χ1v) is 10.8. The first kappa shape index (κ1) is 17.7. The third-order valence-electron chi connectivity index (χ3n) is 5.86. The Bertz CT molecular complexity index is 1080. The van der Waals surface area contributed by atoms with E-state index in [-0.39, 0.29) is 6.10 Å². The molecule has 0 saturated carbocycles. The highest BCUT2D eigenvalue weighted by Crippen LogP contribution is 2.31. The predicted octanol–water partition coefficient (Wildman–Crippen LogP) is 4.63. The van der Waals surface area contributed by atoms with Gasteiger partial charge in [-0.3, -0.25) is 4.90 Å². The smallest absolute Gasteiger partial charge is 0.0816 e. The van der Waals surface area contributed by atoms with E-state index in [0.717, 1.165) is 44.7 Å². The van der Waals surface area contributed by atoms with E-state index in [0.29, 0.717) is 0 Å². The molecule has 0 bridgehead atoms. The number of nitrogens with zero attached hydrogens (tertiary/aromatic N) is 2. The molecule has 0 spiro atoms. The van der Waals surface area contributed by atoms with Crippen LogP contribution in [0.3, 0.4) is 0 Å². The molecule has 5 heteroatoms. The molecular weight excluding hydrogens is 366 g/mol. The second-order valence-electron chi connectivity index (χ2n) is 7.57. The number of aromatic amines is 1. The van der Waals surface area contributed by atoms with Crippen molar-refractivity contribution in [1.29, 1.82) is 0 Å². The van der Waals surface area contributed by atoms with Gasteiger partial charge in [0.05, 0.1) is 6.10 Å². The van der Waals surface area contributed by atoms with Crippen LogP contribution in [-0.4, -0.2) is 47.7 Å². The monoisotopic (exact) mass is 391 g/mol. The Balaban J connectivity index is 1.17. The summed E-state index contributed by atoms with van der Waals surface area (Å²) in [4.78, 5) is 8.23. The number of fused-ring (bicyclic) bond motifs is 2. The molecule has 5 rings (SSSR count). The zero-order valence-electron chi connectivity index (χ0n) is 15.8. The van der Waals surface area contributed by atoms with Crippen LogP contribution in [0.15, 0.2) is 60.1 Å². The van der Waals surface area contributed by atoms with Crippen molar-refractivity contribution in [2.24, 2.45) is 0 Å². The van der Waals surface area contributed by atoms with E-state index in [2.05, 4.69) is 68.7 Å². The molecule has 1 atom stereocenters. The number of hydrogen-bond acceptors (Lipinski definition) is 4. The van der Waals surface area contributed by atoms with Gasteiger partial charge < -0.3 is 15.0 Å². The zero-order chi connectivity index (χ0) is 18.9. The molecule has 0 aliphatic carbocycles. The first-order chi connectivity index (χ1) is 13.8. The number of benzene rings is 2. The minimum absolute atomic E-state index is 0.385. The van der Waals surface area contributed by atoms with Crippen molar-refractivity contribution in [2.75, 3.05) is 37.6 Å². The van der Waals surface area contributed by atoms with Crippen molar-refractivity contribution in [3.05, 3.63) is 65.7 Å². The summed E-state index contributed by atoms with van der Waals surface area (Å²) in [6, 6.07) is 17.1. The van der Waals surface area contributed by atoms with Gasteiger partial charge in [0.1, 0.15) is 0 Å². The van der Waals surface area contributed by atoms with Gasteiger partial charge in [0, 0.05) is 54.8 Å². The Kier molecular flexibility index (Phi) is 4.81. The fourth-order valence-corrected chi connectivity index (χ4v) is 5.19. The van der Waals surface area contributed by atoms with E-state index >= 15 is 0 Å². The molecule has 0 amide bonds.